The summed E-state index contributed by atoms with van der Waals surface area (Å²) in [5, 5.41) is 18.8. The van der Waals surface area contributed by atoms with E-state index in [1.54, 1.807) is 22.9 Å². The number of nitrogens with zero attached hydrogens (tertiary/aromatic N) is 3. The minimum Gasteiger partial charge on any atom is -0.492 e. The fourth-order valence-electron chi connectivity index (χ4n) is 3.75. The van der Waals surface area contributed by atoms with Crippen LogP contribution in [0.25, 0.3) is 0 Å². The molecule has 37 heavy (non-hydrogen) atoms. The molecule has 1 aromatic rings. The maximum atomic E-state index is 9.38. The van der Waals surface area contributed by atoms with Crippen molar-refractivity contribution in [1.29, 1.82) is 0 Å². The number of pyridine rings is 1. The summed E-state index contributed by atoms with van der Waals surface area (Å²) in [6.07, 6.45) is 2.10. The van der Waals surface area contributed by atoms with E-state index in [0.29, 0.717) is 43.6 Å². The summed E-state index contributed by atoms with van der Waals surface area (Å²) in [4.78, 5) is 8.86. The maximum absolute atomic E-state index is 9.38. The van der Waals surface area contributed by atoms with Gasteiger partial charge in [-0.3, -0.25) is 14.8 Å². The molecule has 2 rings (SSSR count). The lowest BCUT2D eigenvalue weighted by molar-refractivity contribution is 0.00544. The molecule has 216 valence electrons. The molecule has 0 spiro atoms. The molecule has 0 aliphatic carbocycles. The Morgan fingerprint density at radius 3 is 2.16 bits per heavy atom. The molecule has 0 unspecified atom stereocenters. The molecule has 1 saturated heterocycles. The van der Waals surface area contributed by atoms with Gasteiger partial charge in [0.15, 0.2) is 0 Å². The number of ether oxygens (including phenoxy) is 4. The van der Waals surface area contributed by atoms with Gasteiger partial charge < -0.3 is 29.2 Å². The largest absolute Gasteiger partial charge is 0.492 e. The van der Waals surface area contributed by atoms with E-state index < -0.39 is 0 Å². The molecule has 2 N–H and O–H groups in total. The van der Waals surface area contributed by atoms with Gasteiger partial charge in [-0.15, -0.1) is 0 Å². The van der Waals surface area contributed by atoms with Crippen LogP contribution in [0.4, 0.5) is 0 Å². The first kappa shape index (κ1) is 34.4. The summed E-state index contributed by atoms with van der Waals surface area (Å²) in [5.74, 6) is 0.608. The number of rotatable bonds is 19. The lowest BCUT2D eigenvalue weighted by Crippen LogP contribution is -2.40. The van der Waals surface area contributed by atoms with Crippen molar-refractivity contribution in [3.63, 3.8) is 0 Å². The zero-order valence-electron chi connectivity index (χ0n) is 23.4. The number of morpholine rings is 1. The Hall–Kier alpha value is -0.630. The fraction of sp³-hybridized carbons (Fsp3) is 0.808. The third-order valence-electron chi connectivity index (χ3n) is 5.40. The molecule has 0 atom stereocenters. The Morgan fingerprint density at radius 1 is 0.973 bits per heavy atom. The molecule has 1 fully saturated rings. The standard InChI is InChI=1S/C24H43N3O6S2.C2H6/c1-24(2,35-34-3)20-27(8-13-33-23-16-21(18-28)25-22(17-23)19-29)7-12-32-15-14-31-11-6-26-4-9-30-10-5-26;1-2/h16-17,28-29H,4-15,18-20H2,1-3H3;1-2H3. The molecule has 1 aliphatic rings. The summed E-state index contributed by atoms with van der Waals surface area (Å²) < 4.78 is 22.9. The molecular weight excluding hydrogens is 514 g/mol. The van der Waals surface area contributed by atoms with E-state index in [0.717, 1.165) is 59.1 Å². The molecule has 2 heterocycles. The van der Waals surface area contributed by atoms with Crippen molar-refractivity contribution in [2.75, 3.05) is 91.8 Å². The molecule has 1 aromatic heterocycles. The maximum Gasteiger partial charge on any atom is 0.123 e. The predicted octanol–water partition coefficient (Wildman–Crippen LogP) is 2.93. The van der Waals surface area contributed by atoms with Crippen LogP contribution in [0.5, 0.6) is 5.75 Å². The second-order valence-electron chi connectivity index (χ2n) is 8.91. The first-order valence-corrected chi connectivity index (χ1v) is 15.8. The summed E-state index contributed by atoms with van der Waals surface area (Å²) in [6.45, 7) is 18.1. The van der Waals surface area contributed by atoms with Gasteiger partial charge in [0.25, 0.3) is 0 Å². The molecule has 0 saturated carbocycles. The molecule has 0 aromatic carbocycles. The summed E-state index contributed by atoms with van der Waals surface area (Å²) in [5.41, 5.74) is 0.975. The molecular formula is C26H49N3O6S2. The Labute approximate surface area is 232 Å². The SMILES string of the molecule is CC.CSSC(C)(C)CN(CCOCCOCCN1CCOCC1)CCOc1cc(CO)nc(CO)c1. The Morgan fingerprint density at radius 2 is 1.57 bits per heavy atom. The van der Waals surface area contributed by atoms with Crippen molar-refractivity contribution in [3.8, 4) is 5.75 Å². The first-order valence-electron chi connectivity index (χ1n) is 13.2. The van der Waals surface area contributed by atoms with Gasteiger partial charge in [-0.05, 0) is 20.1 Å². The average molecular weight is 564 g/mol. The zero-order chi connectivity index (χ0) is 27.4. The highest BCUT2D eigenvalue weighted by Crippen LogP contribution is 2.34. The van der Waals surface area contributed by atoms with Crippen LogP contribution in [0.3, 0.4) is 0 Å². The number of hydrogen-bond donors (Lipinski definition) is 2. The Kier molecular flexibility index (Phi) is 19.7. The van der Waals surface area contributed by atoms with Crippen LogP contribution in [-0.4, -0.2) is 122 Å². The number of hydrogen-bond acceptors (Lipinski definition) is 11. The van der Waals surface area contributed by atoms with Crippen LogP contribution in [0.2, 0.25) is 0 Å². The Balaban J connectivity index is 0.00000334. The molecule has 0 radical (unpaired) electrons. The lowest BCUT2D eigenvalue weighted by atomic mass is 10.2. The van der Waals surface area contributed by atoms with Gasteiger partial charge in [0.05, 0.1) is 64.2 Å². The Bertz CT molecular complexity index is 674. The van der Waals surface area contributed by atoms with Crippen molar-refractivity contribution in [3.05, 3.63) is 23.5 Å². The zero-order valence-corrected chi connectivity index (χ0v) is 25.1. The van der Waals surface area contributed by atoms with Gasteiger partial charge in [-0.1, -0.05) is 35.4 Å². The monoisotopic (exact) mass is 563 g/mol. The number of aromatic nitrogens is 1. The average Bonchev–Trinajstić information content (AvgIpc) is 2.91. The summed E-state index contributed by atoms with van der Waals surface area (Å²) in [6, 6.07) is 3.42. The van der Waals surface area contributed by atoms with E-state index in [9.17, 15) is 10.2 Å². The number of aliphatic hydroxyl groups excluding tert-OH is 2. The number of aliphatic hydroxyl groups is 2. The van der Waals surface area contributed by atoms with Crippen molar-refractivity contribution >= 4 is 21.6 Å². The van der Waals surface area contributed by atoms with E-state index in [2.05, 4.69) is 34.9 Å². The molecule has 0 bridgehead atoms. The molecule has 0 amide bonds. The van der Waals surface area contributed by atoms with Gasteiger partial charge in [0.2, 0.25) is 0 Å². The van der Waals surface area contributed by atoms with Crippen LogP contribution in [-0.2, 0) is 27.4 Å². The van der Waals surface area contributed by atoms with E-state index in [4.69, 9.17) is 18.9 Å². The van der Waals surface area contributed by atoms with Gasteiger partial charge in [-0.2, -0.15) is 0 Å². The van der Waals surface area contributed by atoms with E-state index in [1.807, 2.05) is 24.6 Å². The van der Waals surface area contributed by atoms with Crippen LogP contribution in [0.15, 0.2) is 12.1 Å². The highest BCUT2D eigenvalue weighted by atomic mass is 33.1. The minimum absolute atomic E-state index is 0.0901. The molecule has 11 heteroatoms. The van der Waals surface area contributed by atoms with E-state index >= 15 is 0 Å². The highest BCUT2D eigenvalue weighted by Gasteiger charge is 2.22. The highest BCUT2D eigenvalue weighted by molar-refractivity contribution is 8.76. The van der Waals surface area contributed by atoms with Crippen molar-refractivity contribution in [1.82, 2.24) is 14.8 Å². The topological polar surface area (TPSA) is 96.8 Å². The van der Waals surface area contributed by atoms with Crippen molar-refractivity contribution in [2.24, 2.45) is 0 Å². The van der Waals surface area contributed by atoms with Crippen LogP contribution in [0.1, 0.15) is 39.1 Å². The van der Waals surface area contributed by atoms with Crippen LogP contribution >= 0.6 is 21.6 Å². The third-order valence-corrected chi connectivity index (χ3v) is 8.00. The quantitative estimate of drug-likeness (QED) is 0.192. The summed E-state index contributed by atoms with van der Waals surface area (Å²) >= 11 is 0. The van der Waals surface area contributed by atoms with Crippen LogP contribution < -0.4 is 4.74 Å². The first-order chi connectivity index (χ1) is 18.0. The van der Waals surface area contributed by atoms with Gasteiger partial charge in [0, 0.05) is 56.1 Å². The van der Waals surface area contributed by atoms with Crippen LogP contribution in [0, 0.1) is 0 Å². The molecule has 9 nitrogen and oxygen atoms in total. The second-order valence-corrected chi connectivity index (χ2v) is 12.0. The van der Waals surface area contributed by atoms with Crippen molar-refractivity contribution < 1.29 is 29.2 Å². The van der Waals surface area contributed by atoms with Gasteiger partial charge >= 0.3 is 0 Å². The summed E-state index contributed by atoms with van der Waals surface area (Å²) in [7, 11) is 3.64. The smallest absolute Gasteiger partial charge is 0.123 e. The molecule has 1 aliphatic heterocycles. The lowest BCUT2D eigenvalue weighted by Gasteiger charge is -2.31. The van der Waals surface area contributed by atoms with E-state index in [-0.39, 0.29) is 18.0 Å². The van der Waals surface area contributed by atoms with E-state index in [1.165, 1.54) is 0 Å². The third kappa shape index (κ3) is 16.2. The fourth-order valence-corrected chi connectivity index (χ4v) is 5.95. The predicted molar refractivity (Wildman–Crippen MR) is 153 cm³/mol. The van der Waals surface area contributed by atoms with Gasteiger partial charge in [-0.25, -0.2) is 0 Å². The van der Waals surface area contributed by atoms with Crippen molar-refractivity contribution in [2.45, 2.75) is 45.7 Å². The van der Waals surface area contributed by atoms with Gasteiger partial charge in [0.1, 0.15) is 12.4 Å². The normalized spacial score (nSPS) is 14.5. The minimum atomic E-state index is -0.190. The second kappa shape index (κ2) is 21.2.